The molecular formula is C36H29F3N6O3. The number of carboxylic acids is 1. The van der Waals surface area contributed by atoms with Gasteiger partial charge in [0.1, 0.15) is 0 Å². The van der Waals surface area contributed by atoms with Crippen LogP contribution in [0.25, 0.3) is 44.6 Å². The highest BCUT2D eigenvalue weighted by molar-refractivity contribution is 5.86. The zero-order valence-electron chi connectivity index (χ0n) is 25.5. The van der Waals surface area contributed by atoms with Crippen LogP contribution < -0.4 is 5.69 Å². The number of rotatable bonds is 5. The molecule has 1 aliphatic heterocycles. The molecule has 0 bridgehead atoms. The molecule has 4 aromatic carbocycles. The van der Waals surface area contributed by atoms with Gasteiger partial charge in [-0.15, -0.1) is 0 Å². The Morgan fingerprint density at radius 1 is 0.875 bits per heavy atom. The Balaban J connectivity index is 0.000000519. The number of halogens is 3. The molecule has 1 fully saturated rings. The number of carboxylic acid groups (broad SMARTS) is 1. The molecule has 48 heavy (non-hydrogen) atoms. The molecule has 0 spiro atoms. The quantitative estimate of drug-likeness (QED) is 0.207. The number of nitriles is 1. The standard InChI is InChI=1S/C34H28N6O.C2HF3O2/c35-21-24-12-15-28-30(20-24)37-32(25-6-2-1-3-7-25)33(36-28)26-13-10-23(11-14-26)22-39-18-16-27(17-19-39)40-31-9-5-4-8-29(31)38-34(40)41;3-2(4,5)1(6)7/h1-15,20,27H,16-19,22H2,(H,38,41);(H,6,7). The smallest absolute Gasteiger partial charge is 0.475 e. The molecule has 242 valence electrons. The van der Waals surface area contributed by atoms with Crippen molar-refractivity contribution in [2.45, 2.75) is 31.6 Å². The maximum absolute atomic E-state index is 12.6. The minimum atomic E-state index is -5.08. The van der Waals surface area contributed by atoms with Crippen LogP contribution in [0.5, 0.6) is 0 Å². The van der Waals surface area contributed by atoms with E-state index < -0.39 is 12.1 Å². The molecule has 0 amide bonds. The zero-order valence-corrected chi connectivity index (χ0v) is 25.5. The first-order chi connectivity index (χ1) is 23.1. The van der Waals surface area contributed by atoms with E-state index in [-0.39, 0.29) is 11.7 Å². The number of hydrogen-bond acceptors (Lipinski definition) is 6. The first-order valence-corrected chi connectivity index (χ1v) is 15.2. The fourth-order valence-electron chi connectivity index (χ4n) is 5.92. The van der Waals surface area contributed by atoms with Gasteiger partial charge in [0.15, 0.2) is 0 Å². The number of fused-ring (bicyclic) bond motifs is 2. The highest BCUT2D eigenvalue weighted by Crippen LogP contribution is 2.32. The molecular weight excluding hydrogens is 621 g/mol. The fourth-order valence-corrected chi connectivity index (χ4v) is 5.92. The van der Waals surface area contributed by atoms with E-state index in [4.69, 9.17) is 19.9 Å². The zero-order chi connectivity index (χ0) is 33.8. The number of aromatic nitrogens is 4. The normalized spacial score (nSPS) is 14.0. The lowest BCUT2D eigenvalue weighted by molar-refractivity contribution is -0.192. The summed E-state index contributed by atoms with van der Waals surface area (Å²) in [7, 11) is 0. The summed E-state index contributed by atoms with van der Waals surface area (Å²) in [6.07, 6.45) is -3.19. The lowest BCUT2D eigenvalue weighted by Crippen LogP contribution is -2.36. The summed E-state index contributed by atoms with van der Waals surface area (Å²) in [5, 5.41) is 16.5. The average molecular weight is 651 g/mol. The topological polar surface area (TPSA) is 128 Å². The van der Waals surface area contributed by atoms with Gasteiger partial charge >= 0.3 is 17.8 Å². The molecule has 1 saturated heterocycles. The van der Waals surface area contributed by atoms with Crippen molar-refractivity contribution in [2.75, 3.05) is 13.1 Å². The Bertz CT molecular complexity index is 2180. The average Bonchev–Trinajstić information content (AvgIpc) is 3.44. The second-order valence-corrected chi connectivity index (χ2v) is 11.4. The van der Waals surface area contributed by atoms with Gasteiger partial charge in [-0.2, -0.15) is 18.4 Å². The van der Waals surface area contributed by atoms with Crippen LogP contribution >= 0.6 is 0 Å². The molecule has 0 saturated carbocycles. The number of likely N-dealkylation sites (tertiary alicyclic amines) is 1. The van der Waals surface area contributed by atoms with E-state index >= 15 is 0 Å². The molecule has 7 rings (SSSR count). The molecule has 12 heteroatoms. The number of alkyl halides is 3. The predicted octanol–water partition coefficient (Wildman–Crippen LogP) is 6.95. The van der Waals surface area contributed by atoms with Crippen molar-refractivity contribution in [3.63, 3.8) is 0 Å². The van der Waals surface area contributed by atoms with Gasteiger partial charge in [0.2, 0.25) is 0 Å². The Labute approximate surface area is 272 Å². The minimum Gasteiger partial charge on any atom is -0.475 e. The van der Waals surface area contributed by atoms with Crippen LogP contribution in [0.3, 0.4) is 0 Å². The minimum absolute atomic E-state index is 0.0163. The third-order valence-electron chi connectivity index (χ3n) is 8.26. The highest BCUT2D eigenvalue weighted by Gasteiger charge is 2.38. The van der Waals surface area contributed by atoms with Crippen molar-refractivity contribution in [3.8, 4) is 28.6 Å². The van der Waals surface area contributed by atoms with Crippen LogP contribution in [0.1, 0.15) is 30.0 Å². The number of aliphatic carboxylic acids is 1. The Morgan fingerprint density at radius 2 is 1.48 bits per heavy atom. The van der Waals surface area contributed by atoms with Crippen LogP contribution in [0.4, 0.5) is 13.2 Å². The first-order valence-electron chi connectivity index (χ1n) is 15.2. The van der Waals surface area contributed by atoms with Crippen molar-refractivity contribution in [3.05, 3.63) is 119 Å². The van der Waals surface area contributed by atoms with Gasteiger partial charge in [0.25, 0.3) is 0 Å². The number of imidazole rings is 1. The summed E-state index contributed by atoms with van der Waals surface area (Å²) < 4.78 is 33.7. The maximum atomic E-state index is 12.6. The number of hydrogen-bond donors (Lipinski definition) is 2. The van der Waals surface area contributed by atoms with Crippen LogP contribution in [0.15, 0.2) is 102 Å². The molecule has 0 aliphatic carbocycles. The summed E-state index contributed by atoms with van der Waals surface area (Å²) in [5.41, 5.74) is 8.77. The molecule has 0 radical (unpaired) electrons. The maximum Gasteiger partial charge on any atom is 0.490 e. The number of benzene rings is 4. The van der Waals surface area contributed by atoms with Gasteiger partial charge in [0.05, 0.1) is 45.1 Å². The monoisotopic (exact) mass is 650 g/mol. The number of aromatic amines is 1. The van der Waals surface area contributed by atoms with E-state index in [0.29, 0.717) is 11.1 Å². The van der Waals surface area contributed by atoms with E-state index in [1.54, 1.807) is 12.1 Å². The van der Waals surface area contributed by atoms with Crippen molar-refractivity contribution < 1.29 is 23.1 Å². The number of nitrogens with zero attached hydrogens (tertiary/aromatic N) is 5. The summed E-state index contributed by atoms with van der Waals surface area (Å²) in [6.45, 7) is 2.75. The van der Waals surface area contributed by atoms with E-state index in [2.05, 4.69) is 40.2 Å². The molecule has 0 unspecified atom stereocenters. The van der Waals surface area contributed by atoms with Crippen molar-refractivity contribution >= 4 is 28.0 Å². The van der Waals surface area contributed by atoms with Crippen molar-refractivity contribution in [1.82, 2.24) is 24.4 Å². The number of para-hydroxylation sites is 2. The van der Waals surface area contributed by atoms with Crippen molar-refractivity contribution in [2.24, 2.45) is 0 Å². The molecule has 0 atom stereocenters. The largest absolute Gasteiger partial charge is 0.490 e. The van der Waals surface area contributed by atoms with Gasteiger partial charge in [-0.1, -0.05) is 66.7 Å². The van der Waals surface area contributed by atoms with Gasteiger partial charge in [-0.25, -0.2) is 19.6 Å². The predicted molar refractivity (Wildman–Crippen MR) is 175 cm³/mol. The molecule has 1 aliphatic rings. The SMILES string of the molecule is N#Cc1ccc2nc(-c3ccc(CN4CCC(n5c(=O)[nH]c6ccccc65)CC4)cc3)c(-c3ccccc3)nc2c1.O=C(O)C(F)(F)F. The van der Waals surface area contributed by atoms with E-state index in [9.17, 15) is 23.2 Å². The number of H-pyrrole nitrogens is 1. The Kier molecular flexibility index (Phi) is 9.05. The van der Waals surface area contributed by atoms with Crippen molar-refractivity contribution in [1.29, 1.82) is 5.26 Å². The number of piperidine rings is 1. The van der Waals surface area contributed by atoms with Crippen LogP contribution in [0, 0.1) is 11.3 Å². The molecule has 2 N–H and O–H groups in total. The third kappa shape index (κ3) is 6.96. The van der Waals surface area contributed by atoms with Gasteiger partial charge in [0, 0.05) is 36.8 Å². The fraction of sp³-hybridized carbons (Fsp3) is 0.194. The highest BCUT2D eigenvalue weighted by atomic mass is 19.4. The van der Waals surface area contributed by atoms with E-state index in [1.165, 1.54) is 5.56 Å². The molecule has 9 nitrogen and oxygen atoms in total. The summed E-state index contributed by atoms with van der Waals surface area (Å²) >= 11 is 0. The first kappa shape index (κ1) is 32.2. The van der Waals surface area contributed by atoms with E-state index in [0.717, 1.165) is 71.5 Å². The molecule has 2 aromatic heterocycles. The molecule has 3 heterocycles. The van der Waals surface area contributed by atoms with Crippen LogP contribution in [0.2, 0.25) is 0 Å². The molecule has 6 aromatic rings. The summed E-state index contributed by atoms with van der Waals surface area (Å²) in [6, 6.07) is 34.4. The van der Waals surface area contributed by atoms with Gasteiger partial charge in [-0.3, -0.25) is 9.47 Å². The Hall–Kier alpha value is -5.80. The summed E-state index contributed by atoms with van der Waals surface area (Å²) in [5.74, 6) is -2.76. The lowest BCUT2D eigenvalue weighted by atomic mass is 10.0. The van der Waals surface area contributed by atoms with Gasteiger partial charge in [-0.05, 0) is 48.7 Å². The van der Waals surface area contributed by atoms with Gasteiger partial charge < -0.3 is 10.1 Å². The lowest BCUT2D eigenvalue weighted by Gasteiger charge is -2.32. The van der Waals surface area contributed by atoms with Crippen LogP contribution in [-0.2, 0) is 11.3 Å². The third-order valence-corrected chi connectivity index (χ3v) is 8.26. The number of nitrogens with one attached hydrogen (secondary N) is 1. The van der Waals surface area contributed by atoms with Crippen LogP contribution in [-0.4, -0.2) is 54.8 Å². The van der Waals surface area contributed by atoms with E-state index in [1.807, 2.05) is 65.2 Å². The second-order valence-electron chi connectivity index (χ2n) is 11.4. The summed E-state index contributed by atoms with van der Waals surface area (Å²) in [4.78, 5) is 36.9. The second kappa shape index (κ2) is 13.5. The number of carbonyl (C=O) groups is 1. The Morgan fingerprint density at radius 3 is 2.12 bits per heavy atom.